The molecular weight excluding hydrogens is 290 g/mol. The van der Waals surface area contributed by atoms with Gasteiger partial charge in [0, 0.05) is 50.3 Å². The first-order valence-electron chi connectivity index (χ1n) is 9.06. The van der Waals surface area contributed by atoms with E-state index in [-0.39, 0.29) is 5.54 Å². The second-order valence-electron chi connectivity index (χ2n) is 8.40. The van der Waals surface area contributed by atoms with Gasteiger partial charge in [0.2, 0.25) is 0 Å². The molecule has 0 radical (unpaired) electrons. The lowest BCUT2D eigenvalue weighted by molar-refractivity contribution is 0.0211. The summed E-state index contributed by atoms with van der Waals surface area (Å²) in [6, 6.07) is 0. The number of rotatable bonds is 9. The summed E-state index contributed by atoms with van der Waals surface area (Å²) in [5.41, 5.74) is 0.457. The standard InChI is InChI=1S/C18H39N3O2/c1-17(2,3)19-7-13-22-15-16-23-14-12-20-8-10-21(11-9-20)18(4,5)6/h19H,7-16H2,1-6H3. The van der Waals surface area contributed by atoms with Crippen molar-refractivity contribution < 1.29 is 9.47 Å². The van der Waals surface area contributed by atoms with Crippen molar-refractivity contribution in [3.8, 4) is 0 Å². The Bertz CT molecular complexity index is 302. The number of ether oxygens (including phenoxy) is 2. The van der Waals surface area contributed by atoms with Gasteiger partial charge < -0.3 is 14.8 Å². The molecule has 0 aliphatic carbocycles. The van der Waals surface area contributed by atoms with Gasteiger partial charge in [-0.3, -0.25) is 9.80 Å². The molecule has 1 aliphatic heterocycles. The molecule has 0 unspecified atom stereocenters. The Kier molecular flexibility index (Phi) is 9.01. The Labute approximate surface area is 143 Å². The van der Waals surface area contributed by atoms with Gasteiger partial charge >= 0.3 is 0 Å². The van der Waals surface area contributed by atoms with E-state index in [0.29, 0.717) is 18.8 Å². The molecule has 0 atom stereocenters. The number of nitrogens with zero attached hydrogens (tertiary/aromatic N) is 2. The van der Waals surface area contributed by atoms with E-state index in [2.05, 4.69) is 56.7 Å². The third kappa shape index (κ3) is 10.3. The van der Waals surface area contributed by atoms with Crippen LogP contribution >= 0.6 is 0 Å². The van der Waals surface area contributed by atoms with Gasteiger partial charge in [0.05, 0.1) is 26.4 Å². The Balaban J connectivity index is 1.91. The second kappa shape index (κ2) is 9.94. The zero-order chi connectivity index (χ0) is 17.3. The largest absolute Gasteiger partial charge is 0.378 e. The Morgan fingerprint density at radius 1 is 0.783 bits per heavy atom. The Morgan fingerprint density at radius 3 is 1.87 bits per heavy atom. The summed E-state index contributed by atoms with van der Waals surface area (Å²) in [6.45, 7) is 22.8. The summed E-state index contributed by atoms with van der Waals surface area (Å²) in [7, 11) is 0. The van der Waals surface area contributed by atoms with Crippen LogP contribution < -0.4 is 5.32 Å². The SMILES string of the molecule is CC(C)(C)NCCOCCOCCN1CCN(C(C)(C)C)CC1. The molecule has 0 spiro atoms. The molecule has 0 amide bonds. The average Bonchev–Trinajstić information content (AvgIpc) is 2.44. The van der Waals surface area contributed by atoms with E-state index in [1.807, 2.05) is 0 Å². The van der Waals surface area contributed by atoms with Crippen LogP contribution in [0.3, 0.4) is 0 Å². The third-order valence-electron chi connectivity index (χ3n) is 4.15. The van der Waals surface area contributed by atoms with E-state index in [1.54, 1.807) is 0 Å². The van der Waals surface area contributed by atoms with Gasteiger partial charge in [-0.15, -0.1) is 0 Å². The smallest absolute Gasteiger partial charge is 0.0701 e. The molecule has 5 heteroatoms. The van der Waals surface area contributed by atoms with E-state index < -0.39 is 0 Å². The van der Waals surface area contributed by atoms with Crippen molar-refractivity contribution in [3.05, 3.63) is 0 Å². The predicted molar refractivity (Wildman–Crippen MR) is 97.2 cm³/mol. The van der Waals surface area contributed by atoms with Crippen LogP contribution in [0.25, 0.3) is 0 Å². The molecule has 0 bridgehead atoms. The molecule has 23 heavy (non-hydrogen) atoms. The van der Waals surface area contributed by atoms with Crippen LogP contribution in [0, 0.1) is 0 Å². The molecule has 138 valence electrons. The molecule has 0 aromatic rings. The number of piperazine rings is 1. The van der Waals surface area contributed by atoms with Crippen LogP contribution in [0.2, 0.25) is 0 Å². The summed E-state index contributed by atoms with van der Waals surface area (Å²) in [6.07, 6.45) is 0. The highest BCUT2D eigenvalue weighted by Crippen LogP contribution is 2.15. The molecule has 1 N–H and O–H groups in total. The molecule has 1 rings (SSSR count). The molecule has 0 aromatic carbocycles. The van der Waals surface area contributed by atoms with Crippen molar-refractivity contribution in [2.75, 3.05) is 65.7 Å². The lowest BCUT2D eigenvalue weighted by atomic mass is 10.1. The number of nitrogens with one attached hydrogen (secondary N) is 1. The zero-order valence-corrected chi connectivity index (χ0v) is 16.3. The van der Waals surface area contributed by atoms with Gasteiger partial charge in [0.1, 0.15) is 0 Å². The van der Waals surface area contributed by atoms with Crippen molar-refractivity contribution in [1.29, 1.82) is 0 Å². The maximum atomic E-state index is 5.68. The molecule has 1 aliphatic rings. The van der Waals surface area contributed by atoms with E-state index in [0.717, 1.165) is 52.5 Å². The van der Waals surface area contributed by atoms with Crippen LogP contribution in [-0.2, 0) is 9.47 Å². The highest BCUT2D eigenvalue weighted by molar-refractivity contribution is 4.81. The molecule has 5 nitrogen and oxygen atoms in total. The van der Waals surface area contributed by atoms with Crippen LogP contribution in [0.4, 0.5) is 0 Å². The Hall–Kier alpha value is -0.200. The fourth-order valence-electron chi connectivity index (χ4n) is 2.66. The lowest BCUT2D eigenvalue weighted by Crippen LogP contribution is -2.53. The first kappa shape index (κ1) is 20.8. The van der Waals surface area contributed by atoms with Crippen LogP contribution in [0.1, 0.15) is 41.5 Å². The molecule has 0 aromatic heterocycles. The fraction of sp³-hybridized carbons (Fsp3) is 1.00. The van der Waals surface area contributed by atoms with Crippen LogP contribution in [0.15, 0.2) is 0 Å². The van der Waals surface area contributed by atoms with Gasteiger partial charge in [-0.25, -0.2) is 0 Å². The van der Waals surface area contributed by atoms with Crippen molar-refractivity contribution in [1.82, 2.24) is 15.1 Å². The predicted octanol–water partition coefficient (Wildman–Crippen LogP) is 1.82. The molecule has 1 saturated heterocycles. The van der Waals surface area contributed by atoms with E-state index in [1.165, 1.54) is 0 Å². The highest BCUT2D eigenvalue weighted by atomic mass is 16.5. The second-order valence-corrected chi connectivity index (χ2v) is 8.40. The molecule has 1 fully saturated rings. The lowest BCUT2D eigenvalue weighted by Gasteiger charge is -2.42. The summed E-state index contributed by atoms with van der Waals surface area (Å²) in [4.78, 5) is 5.06. The molecular formula is C18H39N3O2. The van der Waals surface area contributed by atoms with Gasteiger partial charge in [-0.1, -0.05) is 0 Å². The summed E-state index contributed by atoms with van der Waals surface area (Å²) < 4.78 is 11.2. The maximum absolute atomic E-state index is 5.68. The van der Waals surface area contributed by atoms with Crippen LogP contribution in [-0.4, -0.2) is 86.6 Å². The minimum absolute atomic E-state index is 0.164. The number of hydrogen-bond donors (Lipinski definition) is 1. The van der Waals surface area contributed by atoms with Gasteiger partial charge in [-0.05, 0) is 41.5 Å². The van der Waals surface area contributed by atoms with Crippen molar-refractivity contribution >= 4 is 0 Å². The quantitative estimate of drug-likeness (QED) is 0.653. The van der Waals surface area contributed by atoms with Gasteiger partial charge in [-0.2, -0.15) is 0 Å². The zero-order valence-electron chi connectivity index (χ0n) is 16.3. The topological polar surface area (TPSA) is 37.0 Å². The fourth-order valence-corrected chi connectivity index (χ4v) is 2.66. The van der Waals surface area contributed by atoms with Gasteiger partial charge in [0.25, 0.3) is 0 Å². The molecule has 0 saturated carbocycles. The van der Waals surface area contributed by atoms with Crippen molar-refractivity contribution in [2.24, 2.45) is 0 Å². The van der Waals surface area contributed by atoms with Crippen LogP contribution in [0.5, 0.6) is 0 Å². The highest BCUT2D eigenvalue weighted by Gasteiger charge is 2.25. The van der Waals surface area contributed by atoms with E-state index in [4.69, 9.17) is 9.47 Å². The average molecular weight is 330 g/mol. The first-order valence-corrected chi connectivity index (χ1v) is 9.06. The maximum Gasteiger partial charge on any atom is 0.0701 e. The minimum Gasteiger partial charge on any atom is -0.378 e. The Morgan fingerprint density at radius 2 is 1.35 bits per heavy atom. The van der Waals surface area contributed by atoms with Crippen molar-refractivity contribution in [3.63, 3.8) is 0 Å². The van der Waals surface area contributed by atoms with E-state index in [9.17, 15) is 0 Å². The first-order chi connectivity index (χ1) is 10.7. The normalized spacial score (nSPS) is 18.5. The summed E-state index contributed by atoms with van der Waals surface area (Å²) in [5.74, 6) is 0. The molecule has 1 heterocycles. The van der Waals surface area contributed by atoms with Crippen molar-refractivity contribution in [2.45, 2.75) is 52.6 Å². The monoisotopic (exact) mass is 329 g/mol. The summed E-state index contributed by atoms with van der Waals surface area (Å²) >= 11 is 0. The number of hydrogen-bond acceptors (Lipinski definition) is 5. The summed E-state index contributed by atoms with van der Waals surface area (Å²) in [5, 5.41) is 3.40. The van der Waals surface area contributed by atoms with E-state index >= 15 is 0 Å². The third-order valence-corrected chi connectivity index (χ3v) is 4.15. The van der Waals surface area contributed by atoms with Gasteiger partial charge in [0.15, 0.2) is 0 Å². The minimum atomic E-state index is 0.164.